The Kier molecular flexibility index (Phi) is 7.88. The van der Waals surface area contributed by atoms with E-state index in [1.54, 1.807) is 13.1 Å². The number of anilines is 1. The van der Waals surface area contributed by atoms with Crippen LogP contribution in [0, 0.1) is 12.3 Å². The summed E-state index contributed by atoms with van der Waals surface area (Å²) in [6.07, 6.45) is 7.70. The first kappa shape index (κ1) is 21.8. The molecule has 28 heavy (non-hydrogen) atoms. The fourth-order valence-corrected chi connectivity index (χ4v) is 3.04. The topological polar surface area (TPSA) is 65.5 Å². The Labute approximate surface area is 183 Å². The Balaban J connectivity index is 0.00000280. The van der Waals surface area contributed by atoms with Crippen LogP contribution in [0.15, 0.2) is 59.6 Å². The number of amides is 1. The molecule has 0 saturated heterocycles. The molecule has 0 bridgehead atoms. The van der Waals surface area contributed by atoms with E-state index in [4.69, 9.17) is 6.42 Å². The van der Waals surface area contributed by atoms with Crippen LogP contribution in [0.25, 0.3) is 0 Å². The standard InChI is InChI=1S/C22H24N4O.HI/c1-3-17-8-7-11-19(14-17)26-20(27)15-24-21(23-2)25-16-22(12-13-22)18-9-5-4-6-10-18;/h1,4-11,14H,12-13,15-16H2,2H3,(H,26,27)(H2,23,24,25);1H. The number of guanidine groups is 1. The van der Waals surface area contributed by atoms with Crippen LogP contribution in [-0.2, 0) is 10.2 Å². The number of rotatable bonds is 6. The summed E-state index contributed by atoms with van der Waals surface area (Å²) in [5.74, 6) is 3.01. The highest BCUT2D eigenvalue weighted by atomic mass is 127. The molecular weight excluding hydrogens is 463 g/mol. The van der Waals surface area contributed by atoms with Crippen molar-refractivity contribution >= 4 is 41.5 Å². The Hall–Kier alpha value is -2.53. The van der Waals surface area contributed by atoms with Crippen LogP contribution in [0.3, 0.4) is 0 Å². The van der Waals surface area contributed by atoms with Gasteiger partial charge in [-0.3, -0.25) is 9.79 Å². The van der Waals surface area contributed by atoms with Gasteiger partial charge in [0.25, 0.3) is 0 Å². The summed E-state index contributed by atoms with van der Waals surface area (Å²) in [4.78, 5) is 16.4. The third-order valence-corrected chi connectivity index (χ3v) is 4.79. The minimum absolute atomic E-state index is 0. The normalized spacial score (nSPS) is 14.2. The number of aliphatic imine (C=N–C) groups is 1. The van der Waals surface area contributed by atoms with E-state index in [-0.39, 0.29) is 41.8 Å². The first-order chi connectivity index (χ1) is 13.1. The van der Waals surface area contributed by atoms with E-state index in [1.165, 1.54) is 5.56 Å². The van der Waals surface area contributed by atoms with Crippen molar-refractivity contribution in [3.63, 3.8) is 0 Å². The monoisotopic (exact) mass is 488 g/mol. The molecule has 146 valence electrons. The lowest BCUT2D eigenvalue weighted by Crippen LogP contribution is -2.44. The Morgan fingerprint density at radius 1 is 1.14 bits per heavy atom. The summed E-state index contributed by atoms with van der Waals surface area (Å²) in [6.45, 7) is 0.917. The summed E-state index contributed by atoms with van der Waals surface area (Å²) < 4.78 is 0. The highest BCUT2D eigenvalue weighted by molar-refractivity contribution is 14.0. The summed E-state index contributed by atoms with van der Waals surface area (Å²) >= 11 is 0. The van der Waals surface area contributed by atoms with Crippen LogP contribution in [-0.4, -0.2) is 32.0 Å². The quantitative estimate of drug-likeness (QED) is 0.254. The predicted octanol–water partition coefficient (Wildman–Crippen LogP) is 3.12. The molecule has 5 nitrogen and oxygen atoms in total. The Morgan fingerprint density at radius 2 is 1.89 bits per heavy atom. The second kappa shape index (κ2) is 10.1. The average molecular weight is 488 g/mol. The van der Waals surface area contributed by atoms with Gasteiger partial charge < -0.3 is 16.0 Å². The zero-order chi connectivity index (χ0) is 19.1. The van der Waals surface area contributed by atoms with Gasteiger partial charge in [-0.05, 0) is 36.6 Å². The second-order valence-corrected chi connectivity index (χ2v) is 6.70. The van der Waals surface area contributed by atoms with Gasteiger partial charge in [-0.15, -0.1) is 30.4 Å². The Bertz CT molecular complexity index is 870. The highest BCUT2D eigenvalue weighted by Gasteiger charge is 2.43. The van der Waals surface area contributed by atoms with Crippen molar-refractivity contribution < 1.29 is 4.79 Å². The number of hydrogen-bond acceptors (Lipinski definition) is 2. The largest absolute Gasteiger partial charge is 0.356 e. The maximum atomic E-state index is 12.2. The molecule has 2 aromatic rings. The van der Waals surface area contributed by atoms with Crippen molar-refractivity contribution in [3.8, 4) is 12.3 Å². The van der Waals surface area contributed by atoms with E-state index in [1.807, 2.05) is 24.3 Å². The van der Waals surface area contributed by atoms with Gasteiger partial charge in [-0.25, -0.2) is 0 Å². The number of carbonyl (C=O) groups excluding carboxylic acids is 1. The number of nitrogens with one attached hydrogen (secondary N) is 3. The second-order valence-electron chi connectivity index (χ2n) is 6.70. The number of terminal acetylenes is 1. The van der Waals surface area contributed by atoms with Crippen LogP contribution in [0.4, 0.5) is 5.69 Å². The van der Waals surface area contributed by atoms with Crippen LogP contribution >= 0.6 is 24.0 Å². The highest BCUT2D eigenvalue weighted by Crippen LogP contribution is 2.47. The molecule has 0 radical (unpaired) electrons. The number of hydrogen-bond donors (Lipinski definition) is 3. The smallest absolute Gasteiger partial charge is 0.243 e. The molecule has 3 rings (SSSR count). The number of benzene rings is 2. The van der Waals surface area contributed by atoms with Crippen molar-refractivity contribution in [2.75, 3.05) is 25.5 Å². The average Bonchev–Trinajstić information content (AvgIpc) is 3.50. The molecular formula is C22H25IN4O. The molecule has 0 atom stereocenters. The van der Waals surface area contributed by atoms with E-state index in [0.29, 0.717) is 11.6 Å². The van der Waals surface area contributed by atoms with E-state index in [0.717, 1.165) is 24.9 Å². The molecule has 1 amide bonds. The first-order valence-corrected chi connectivity index (χ1v) is 9.02. The van der Waals surface area contributed by atoms with Gasteiger partial charge in [0.15, 0.2) is 5.96 Å². The summed E-state index contributed by atoms with van der Waals surface area (Å²) in [5.41, 5.74) is 2.94. The third-order valence-electron chi connectivity index (χ3n) is 4.79. The number of carbonyl (C=O) groups is 1. The SMILES string of the molecule is C#Cc1cccc(NC(=O)CNC(=NC)NCC2(c3ccccc3)CC2)c1.I. The van der Waals surface area contributed by atoms with Crippen molar-refractivity contribution in [1.82, 2.24) is 10.6 Å². The fourth-order valence-electron chi connectivity index (χ4n) is 3.04. The van der Waals surface area contributed by atoms with Crippen molar-refractivity contribution in [1.29, 1.82) is 0 Å². The minimum atomic E-state index is -0.156. The molecule has 1 saturated carbocycles. The van der Waals surface area contributed by atoms with E-state index < -0.39 is 0 Å². The molecule has 6 heteroatoms. The van der Waals surface area contributed by atoms with Crippen LogP contribution in [0.5, 0.6) is 0 Å². The van der Waals surface area contributed by atoms with Gasteiger partial charge in [-0.1, -0.05) is 42.3 Å². The minimum Gasteiger partial charge on any atom is -0.356 e. The van der Waals surface area contributed by atoms with Gasteiger partial charge >= 0.3 is 0 Å². The number of nitrogens with zero attached hydrogens (tertiary/aromatic N) is 1. The molecule has 1 aliphatic carbocycles. The first-order valence-electron chi connectivity index (χ1n) is 9.02. The lowest BCUT2D eigenvalue weighted by Gasteiger charge is -2.19. The lowest BCUT2D eigenvalue weighted by atomic mass is 9.96. The Morgan fingerprint density at radius 3 is 2.54 bits per heavy atom. The summed E-state index contributed by atoms with van der Waals surface area (Å²) in [6, 6.07) is 17.7. The van der Waals surface area contributed by atoms with Gasteiger partial charge in [-0.2, -0.15) is 0 Å². The third kappa shape index (κ3) is 5.73. The van der Waals surface area contributed by atoms with Gasteiger partial charge in [0.05, 0.1) is 6.54 Å². The van der Waals surface area contributed by atoms with Crippen molar-refractivity contribution in [3.05, 3.63) is 65.7 Å². The molecule has 0 aliphatic heterocycles. The fraction of sp³-hybridized carbons (Fsp3) is 0.273. The lowest BCUT2D eigenvalue weighted by molar-refractivity contribution is -0.115. The molecule has 2 aromatic carbocycles. The molecule has 3 N–H and O–H groups in total. The number of halogens is 1. The van der Waals surface area contributed by atoms with E-state index in [2.05, 4.69) is 51.1 Å². The van der Waals surface area contributed by atoms with Gasteiger partial charge in [0.2, 0.25) is 5.91 Å². The molecule has 0 unspecified atom stereocenters. The van der Waals surface area contributed by atoms with Crippen LogP contribution in [0.1, 0.15) is 24.0 Å². The zero-order valence-electron chi connectivity index (χ0n) is 15.9. The van der Waals surface area contributed by atoms with E-state index in [9.17, 15) is 4.79 Å². The zero-order valence-corrected chi connectivity index (χ0v) is 18.2. The van der Waals surface area contributed by atoms with Crippen molar-refractivity contribution in [2.24, 2.45) is 4.99 Å². The van der Waals surface area contributed by atoms with Gasteiger partial charge in [0.1, 0.15) is 0 Å². The summed E-state index contributed by atoms with van der Waals surface area (Å²) in [7, 11) is 1.70. The van der Waals surface area contributed by atoms with Crippen LogP contribution < -0.4 is 16.0 Å². The predicted molar refractivity (Wildman–Crippen MR) is 125 cm³/mol. The maximum absolute atomic E-state index is 12.2. The van der Waals surface area contributed by atoms with Crippen molar-refractivity contribution in [2.45, 2.75) is 18.3 Å². The molecule has 1 fully saturated rings. The molecule has 1 aliphatic rings. The molecule has 0 spiro atoms. The maximum Gasteiger partial charge on any atom is 0.243 e. The molecule has 0 aromatic heterocycles. The van der Waals surface area contributed by atoms with E-state index >= 15 is 0 Å². The van der Waals surface area contributed by atoms with Gasteiger partial charge in [0, 0.05) is 30.3 Å². The van der Waals surface area contributed by atoms with Crippen LogP contribution in [0.2, 0.25) is 0 Å². The molecule has 0 heterocycles. The summed E-state index contributed by atoms with van der Waals surface area (Å²) in [5, 5.41) is 9.22.